The zero-order valence-corrected chi connectivity index (χ0v) is 19.2. The van der Waals surface area contributed by atoms with Crippen LogP contribution in [0.4, 0.5) is 5.69 Å². The minimum absolute atomic E-state index is 0.135. The van der Waals surface area contributed by atoms with Gasteiger partial charge in [-0.05, 0) is 43.2 Å². The molecule has 0 saturated carbocycles. The first-order valence-corrected chi connectivity index (χ1v) is 11.2. The number of fused-ring (bicyclic) bond motifs is 1. The van der Waals surface area contributed by atoms with Crippen LogP contribution in [0.15, 0.2) is 69.6 Å². The Bertz CT molecular complexity index is 1490. The zero-order valence-electron chi connectivity index (χ0n) is 17.6. The average Bonchev–Trinajstić information content (AvgIpc) is 3.07. The number of nitro benzene ring substituents is 1. The van der Waals surface area contributed by atoms with E-state index in [1.54, 1.807) is 44.2 Å². The van der Waals surface area contributed by atoms with Gasteiger partial charge in [0.05, 0.1) is 33.4 Å². The summed E-state index contributed by atoms with van der Waals surface area (Å²) >= 11 is 7.23. The highest BCUT2D eigenvalue weighted by molar-refractivity contribution is 7.07. The maximum Gasteiger partial charge on any atom is 0.338 e. The number of halogens is 1. The van der Waals surface area contributed by atoms with Crippen molar-refractivity contribution in [3.63, 3.8) is 0 Å². The molecule has 0 aliphatic carbocycles. The van der Waals surface area contributed by atoms with Gasteiger partial charge < -0.3 is 4.74 Å². The molecule has 0 amide bonds. The summed E-state index contributed by atoms with van der Waals surface area (Å²) in [4.78, 5) is 42.1. The highest BCUT2D eigenvalue weighted by Crippen LogP contribution is 2.32. The molecule has 10 heteroatoms. The number of nitro groups is 1. The molecule has 0 spiro atoms. The van der Waals surface area contributed by atoms with Crippen LogP contribution in [0.1, 0.15) is 31.0 Å². The van der Waals surface area contributed by atoms with Crippen LogP contribution in [0.25, 0.3) is 6.08 Å². The van der Waals surface area contributed by atoms with Crippen LogP contribution in [-0.4, -0.2) is 22.1 Å². The van der Waals surface area contributed by atoms with E-state index in [9.17, 15) is 19.7 Å². The first kappa shape index (κ1) is 22.6. The third-order valence-corrected chi connectivity index (χ3v) is 6.28. The lowest BCUT2D eigenvalue weighted by Gasteiger charge is -2.24. The summed E-state index contributed by atoms with van der Waals surface area (Å²) in [5.74, 6) is -0.626. The lowest BCUT2D eigenvalue weighted by atomic mass is 9.95. The van der Waals surface area contributed by atoms with Crippen LogP contribution in [0.2, 0.25) is 5.02 Å². The van der Waals surface area contributed by atoms with Crippen LogP contribution >= 0.6 is 22.9 Å². The Kier molecular flexibility index (Phi) is 6.26. The van der Waals surface area contributed by atoms with Gasteiger partial charge in [-0.3, -0.25) is 19.5 Å². The van der Waals surface area contributed by atoms with Gasteiger partial charge in [0.25, 0.3) is 11.2 Å². The first-order chi connectivity index (χ1) is 15.8. The SMILES string of the molecule is CCOC(=O)C1=C(C)N=c2s/c(=C\c3cccc(Cl)c3)c(=O)n2[C@@H]1c1cccc([N+](=O)[O-])c1. The maximum atomic E-state index is 13.5. The van der Waals surface area contributed by atoms with Crippen LogP contribution < -0.4 is 14.9 Å². The van der Waals surface area contributed by atoms with Gasteiger partial charge in [-0.1, -0.05) is 47.2 Å². The molecule has 0 saturated heterocycles. The number of nitrogens with zero attached hydrogens (tertiary/aromatic N) is 3. The lowest BCUT2D eigenvalue weighted by Crippen LogP contribution is -2.40. The van der Waals surface area contributed by atoms with Gasteiger partial charge in [-0.25, -0.2) is 9.79 Å². The van der Waals surface area contributed by atoms with Gasteiger partial charge in [0, 0.05) is 17.2 Å². The van der Waals surface area contributed by atoms with E-state index in [-0.39, 0.29) is 23.4 Å². The summed E-state index contributed by atoms with van der Waals surface area (Å²) in [6.45, 7) is 3.47. The smallest absolute Gasteiger partial charge is 0.338 e. The number of carbonyl (C=O) groups excluding carboxylic acids is 1. The summed E-state index contributed by atoms with van der Waals surface area (Å²) in [6.07, 6.45) is 1.70. The minimum Gasteiger partial charge on any atom is -0.463 e. The zero-order chi connectivity index (χ0) is 23.7. The second-order valence-corrected chi connectivity index (χ2v) is 8.65. The molecule has 1 aliphatic heterocycles. The van der Waals surface area contributed by atoms with Gasteiger partial charge >= 0.3 is 5.97 Å². The van der Waals surface area contributed by atoms with Crippen molar-refractivity contribution in [3.05, 3.63) is 106 Å². The molecule has 1 aromatic heterocycles. The van der Waals surface area contributed by atoms with Gasteiger partial charge in [0.15, 0.2) is 4.80 Å². The second-order valence-electron chi connectivity index (χ2n) is 7.21. The second kappa shape index (κ2) is 9.13. The van der Waals surface area contributed by atoms with E-state index in [0.717, 1.165) is 5.56 Å². The number of thiazole rings is 1. The Balaban J connectivity index is 1.98. The summed E-state index contributed by atoms with van der Waals surface area (Å²) in [5, 5.41) is 11.9. The van der Waals surface area contributed by atoms with E-state index in [1.807, 2.05) is 6.07 Å². The molecule has 0 N–H and O–H groups in total. The molecular formula is C23H18ClN3O5S. The Labute approximate surface area is 196 Å². The molecule has 2 aromatic carbocycles. The fraction of sp³-hybridized carbons (Fsp3) is 0.174. The van der Waals surface area contributed by atoms with Crippen molar-refractivity contribution in [1.82, 2.24) is 4.57 Å². The van der Waals surface area contributed by atoms with E-state index in [4.69, 9.17) is 16.3 Å². The summed E-state index contributed by atoms with van der Waals surface area (Å²) in [5.41, 5.74) is 1.19. The molecule has 1 aliphatic rings. The van der Waals surface area contributed by atoms with Gasteiger partial charge in [-0.2, -0.15) is 0 Å². The van der Waals surface area contributed by atoms with Crippen molar-refractivity contribution in [3.8, 4) is 0 Å². The monoisotopic (exact) mass is 483 g/mol. The number of aromatic nitrogens is 1. The van der Waals surface area contributed by atoms with Crippen molar-refractivity contribution in [2.75, 3.05) is 6.61 Å². The molecule has 1 atom stereocenters. The number of carbonyl (C=O) groups is 1. The number of hydrogen-bond donors (Lipinski definition) is 0. The minimum atomic E-state index is -0.915. The molecule has 8 nitrogen and oxygen atoms in total. The molecule has 33 heavy (non-hydrogen) atoms. The van der Waals surface area contributed by atoms with Crippen LogP contribution in [0.3, 0.4) is 0 Å². The number of esters is 1. The van der Waals surface area contributed by atoms with Gasteiger partial charge in [0.2, 0.25) is 0 Å². The summed E-state index contributed by atoms with van der Waals surface area (Å²) < 4.78 is 7.01. The topological polar surface area (TPSA) is 104 Å². The number of allylic oxidation sites excluding steroid dienone is 1. The van der Waals surface area contributed by atoms with E-state index < -0.39 is 16.9 Å². The Morgan fingerprint density at radius 1 is 1.30 bits per heavy atom. The first-order valence-electron chi connectivity index (χ1n) is 9.99. The molecule has 0 bridgehead atoms. The van der Waals surface area contributed by atoms with Gasteiger partial charge in [-0.15, -0.1) is 0 Å². The molecular weight excluding hydrogens is 466 g/mol. The predicted molar refractivity (Wildman–Crippen MR) is 125 cm³/mol. The van der Waals surface area contributed by atoms with E-state index >= 15 is 0 Å². The van der Waals surface area contributed by atoms with E-state index in [2.05, 4.69) is 4.99 Å². The lowest BCUT2D eigenvalue weighted by molar-refractivity contribution is -0.384. The normalized spacial score (nSPS) is 15.7. The number of benzene rings is 2. The fourth-order valence-electron chi connectivity index (χ4n) is 3.66. The maximum absolute atomic E-state index is 13.5. The van der Waals surface area contributed by atoms with Crippen LogP contribution in [0.5, 0.6) is 0 Å². The van der Waals surface area contributed by atoms with E-state index in [1.165, 1.54) is 34.1 Å². The molecule has 0 fully saturated rings. The molecule has 3 aromatic rings. The van der Waals surface area contributed by atoms with E-state index in [0.29, 0.717) is 25.6 Å². The van der Waals surface area contributed by atoms with Crippen molar-refractivity contribution in [1.29, 1.82) is 0 Å². The predicted octanol–water partition coefficient (Wildman–Crippen LogP) is 3.36. The Morgan fingerprint density at radius 3 is 2.76 bits per heavy atom. The number of non-ortho nitro benzene ring substituents is 1. The van der Waals surface area contributed by atoms with Crippen molar-refractivity contribution < 1.29 is 14.5 Å². The fourth-order valence-corrected chi connectivity index (χ4v) is 4.91. The molecule has 168 valence electrons. The van der Waals surface area contributed by atoms with Crippen LogP contribution in [0, 0.1) is 10.1 Å². The third kappa shape index (κ3) is 4.37. The largest absolute Gasteiger partial charge is 0.463 e. The number of ether oxygens (including phenoxy) is 1. The standard InChI is InChI=1S/C23H18ClN3O5S/c1-3-32-22(29)19-13(2)25-23-26(20(19)15-7-5-9-17(12-15)27(30)31)21(28)18(33-23)11-14-6-4-8-16(24)10-14/h4-12,20H,3H2,1-2H3/b18-11-/t20-/m1/s1. The highest BCUT2D eigenvalue weighted by atomic mass is 35.5. The summed E-state index contributed by atoms with van der Waals surface area (Å²) in [6, 6.07) is 12.0. The summed E-state index contributed by atoms with van der Waals surface area (Å²) in [7, 11) is 0. The van der Waals surface area contributed by atoms with Crippen molar-refractivity contribution >= 4 is 40.7 Å². The molecule has 2 heterocycles. The third-order valence-electron chi connectivity index (χ3n) is 5.06. The number of hydrogen-bond acceptors (Lipinski definition) is 7. The van der Waals surface area contributed by atoms with Gasteiger partial charge in [0.1, 0.15) is 0 Å². The molecule has 0 radical (unpaired) electrons. The van der Waals surface area contributed by atoms with Crippen molar-refractivity contribution in [2.24, 2.45) is 4.99 Å². The highest BCUT2D eigenvalue weighted by Gasteiger charge is 2.34. The average molecular weight is 484 g/mol. The van der Waals surface area contributed by atoms with Crippen LogP contribution in [-0.2, 0) is 9.53 Å². The van der Waals surface area contributed by atoms with Crippen molar-refractivity contribution in [2.45, 2.75) is 19.9 Å². The molecule has 4 rings (SSSR count). The quantitative estimate of drug-likeness (QED) is 0.314. The number of rotatable bonds is 5. The molecule has 0 unspecified atom stereocenters. The Hall–Kier alpha value is -3.56. The Morgan fingerprint density at radius 2 is 2.06 bits per heavy atom.